The van der Waals surface area contributed by atoms with Crippen LogP contribution in [-0.4, -0.2) is 45.3 Å². The van der Waals surface area contributed by atoms with E-state index in [1.54, 1.807) is 26.1 Å². The second-order valence-electron chi connectivity index (χ2n) is 8.49. The van der Waals surface area contributed by atoms with E-state index in [1.165, 1.54) is 11.8 Å². The van der Waals surface area contributed by atoms with Crippen LogP contribution in [0.4, 0.5) is 21.6 Å². The number of rotatable bonds is 7. The van der Waals surface area contributed by atoms with Crippen LogP contribution in [0.2, 0.25) is 0 Å². The fourth-order valence-electron chi connectivity index (χ4n) is 4.08. The number of nitrogens with zero attached hydrogens (tertiary/aromatic N) is 2. The molecule has 1 aliphatic rings. The molecule has 3 aromatic rings. The van der Waals surface area contributed by atoms with Gasteiger partial charge in [0.25, 0.3) is 0 Å². The SMILES string of the molecule is CCCS(=O)(=O)Nc1cc(-c2cc(-c3ccc(N4CCNCC4)cc3)cnc2N)cc(F)c1C. The number of aromatic nitrogens is 1. The van der Waals surface area contributed by atoms with Crippen LogP contribution in [0, 0.1) is 12.7 Å². The lowest BCUT2D eigenvalue weighted by Crippen LogP contribution is -2.43. The molecule has 2 heterocycles. The Kier molecular flexibility index (Phi) is 7.04. The Morgan fingerprint density at radius 1 is 1.09 bits per heavy atom. The number of hydrogen-bond acceptors (Lipinski definition) is 6. The number of pyridine rings is 1. The third-order valence-corrected chi connectivity index (χ3v) is 7.47. The fourth-order valence-corrected chi connectivity index (χ4v) is 5.27. The van der Waals surface area contributed by atoms with E-state index < -0.39 is 15.8 Å². The summed E-state index contributed by atoms with van der Waals surface area (Å²) in [4.78, 5) is 6.66. The minimum absolute atomic E-state index is 0.0403. The van der Waals surface area contributed by atoms with Gasteiger partial charge in [-0.2, -0.15) is 0 Å². The molecule has 1 aromatic heterocycles. The molecule has 4 N–H and O–H groups in total. The lowest BCUT2D eigenvalue weighted by atomic mass is 9.99. The number of sulfonamides is 1. The standard InChI is InChI=1S/C25H30FN5O2S/c1-3-12-34(32,33)30-24-15-19(14-23(26)17(24)2)22-13-20(16-29-25(22)27)18-4-6-21(7-5-18)31-10-8-28-9-11-31/h4-7,13-16,28,30H,3,8-12H2,1-2H3,(H2,27,29). The van der Waals surface area contributed by atoms with Crippen LogP contribution < -0.4 is 20.7 Å². The van der Waals surface area contributed by atoms with Gasteiger partial charge < -0.3 is 16.0 Å². The third-order valence-electron chi connectivity index (χ3n) is 5.99. The quantitative estimate of drug-likeness (QED) is 0.470. The van der Waals surface area contributed by atoms with Crippen LogP contribution in [-0.2, 0) is 10.0 Å². The Morgan fingerprint density at radius 2 is 1.79 bits per heavy atom. The van der Waals surface area contributed by atoms with E-state index in [4.69, 9.17) is 5.73 Å². The van der Waals surface area contributed by atoms with Crippen molar-refractivity contribution in [2.24, 2.45) is 0 Å². The van der Waals surface area contributed by atoms with E-state index in [9.17, 15) is 12.8 Å². The van der Waals surface area contributed by atoms with Gasteiger partial charge in [0.2, 0.25) is 10.0 Å². The van der Waals surface area contributed by atoms with E-state index in [1.807, 2.05) is 18.2 Å². The summed E-state index contributed by atoms with van der Waals surface area (Å²) >= 11 is 0. The maximum absolute atomic E-state index is 14.8. The molecule has 0 unspecified atom stereocenters. The van der Waals surface area contributed by atoms with Gasteiger partial charge in [0, 0.05) is 54.8 Å². The van der Waals surface area contributed by atoms with Crippen molar-refractivity contribution in [1.29, 1.82) is 0 Å². The van der Waals surface area contributed by atoms with Gasteiger partial charge in [0.05, 0.1) is 11.4 Å². The van der Waals surface area contributed by atoms with Crippen LogP contribution in [0.1, 0.15) is 18.9 Å². The Morgan fingerprint density at radius 3 is 2.47 bits per heavy atom. The lowest BCUT2D eigenvalue weighted by Gasteiger charge is -2.29. The smallest absolute Gasteiger partial charge is 0.232 e. The van der Waals surface area contributed by atoms with Crippen LogP contribution in [0.25, 0.3) is 22.3 Å². The molecular formula is C25H30FN5O2S. The highest BCUT2D eigenvalue weighted by molar-refractivity contribution is 7.92. The number of anilines is 3. The van der Waals surface area contributed by atoms with Crippen molar-refractivity contribution in [3.05, 3.63) is 60.0 Å². The molecule has 0 spiro atoms. The first kappa shape index (κ1) is 24.0. The summed E-state index contributed by atoms with van der Waals surface area (Å²) in [6.45, 7) is 7.19. The molecule has 1 fully saturated rings. The monoisotopic (exact) mass is 483 g/mol. The minimum atomic E-state index is -3.57. The van der Waals surface area contributed by atoms with Crippen LogP contribution in [0.5, 0.6) is 0 Å². The topological polar surface area (TPSA) is 100 Å². The number of nitrogens with two attached hydrogens (primary N) is 1. The number of piperazine rings is 1. The number of nitrogens with one attached hydrogen (secondary N) is 2. The molecule has 0 saturated carbocycles. The average Bonchev–Trinajstić information content (AvgIpc) is 2.83. The number of nitrogen functional groups attached to an aromatic ring is 1. The van der Waals surface area contributed by atoms with Gasteiger partial charge in [-0.15, -0.1) is 0 Å². The normalized spacial score (nSPS) is 14.3. The second-order valence-corrected chi connectivity index (χ2v) is 10.3. The molecule has 4 rings (SSSR count). The van der Waals surface area contributed by atoms with Gasteiger partial charge in [-0.3, -0.25) is 4.72 Å². The molecular weight excluding hydrogens is 453 g/mol. The van der Waals surface area contributed by atoms with E-state index in [0.29, 0.717) is 17.5 Å². The van der Waals surface area contributed by atoms with E-state index in [0.717, 1.165) is 37.3 Å². The highest BCUT2D eigenvalue weighted by atomic mass is 32.2. The number of halogens is 1. The van der Waals surface area contributed by atoms with Crippen LogP contribution >= 0.6 is 0 Å². The predicted octanol–water partition coefficient (Wildman–Crippen LogP) is 4.01. The van der Waals surface area contributed by atoms with Gasteiger partial charge in [-0.25, -0.2) is 17.8 Å². The predicted molar refractivity (Wildman–Crippen MR) is 137 cm³/mol. The van der Waals surface area contributed by atoms with Gasteiger partial charge in [0.1, 0.15) is 11.6 Å². The van der Waals surface area contributed by atoms with Gasteiger partial charge in [0.15, 0.2) is 0 Å². The summed E-state index contributed by atoms with van der Waals surface area (Å²) in [5.41, 5.74) is 10.5. The first-order valence-corrected chi connectivity index (χ1v) is 13.1. The molecule has 0 aliphatic carbocycles. The van der Waals surface area contributed by atoms with Crippen molar-refractivity contribution >= 4 is 27.2 Å². The molecule has 9 heteroatoms. The zero-order chi connectivity index (χ0) is 24.3. The van der Waals surface area contributed by atoms with Gasteiger partial charge in [-0.1, -0.05) is 19.1 Å². The average molecular weight is 484 g/mol. The fraction of sp³-hybridized carbons (Fsp3) is 0.320. The molecule has 1 saturated heterocycles. The Balaban J connectivity index is 1.67. The Labute approximate surface area is 200 Å². The molecule has 34 heavy (non-hydrogen) atoms. The molecule has 2 aromatic carbocycles. The molecule has 0 amide bonds. The highest BCUT2D eigenvalue weighted by Crippen LogP contribution is 2.34. The summed E-state index contributed by atoms with van der Waals surface area (Å²) in [5.74, 6) is -0.315. The summed E-state index contributed by atoms with van der Waals surface area (Å²) in [6.07, 6.45) is 2.15. The van der Waals surface area contributed by atoms with Crippen molar-refractivity contribution in [1.82, 2.24) is 10.3 Å². The first-order chi connectivity index (χ1) is 16.3. The molecule has 7 nitrogen and oxygen atoms in total. The maximum Gasteiger partial charge on any atom is 0.232 e. The van der Waals surface area contributed by atoms with Crippen molar-refractivity contribution < 1.29 is 12.8 Å². The van der Waals surface area contributed by atoms with Gasteiger partial charge >= 0.3 is 0 Å². The number of benzene rings is 2. The zero-order valence-corrected chi connectivity index (χ0v) is 20.3. The largest absolute Gasteiger partial charge is 0.383 e. The Hall–Kier alpha value is -3.17. The lowest BCUT2D eigenvalue weighted by molar-refractivity contribution is 0.589. The van der Waals surface area contributed by atoms with Crippen molar-refractivity contribution in [2.45, 2.75) is 20.3 Å². The van der Waals surface area contributed by atoms with E-state index >= 15 is 0 Å². The molecule has 0 radical (unpaired) electrons. The third kappa shape index (κ3) is 5.31. The van der Waals surface area contributed by atoms with Gasteiger partial charge in [-0.05, 0) is 54.8 Å². The Bertz CT molecular complexity index is 1270. The van der Waals surface area contributed by atoms with Crippen molar-refractivity contribution in [2.75, 3.05) is 47.3 Å². The zero-order valence-electron chi connectivity index (χ0n) is 19.4. The first-order valence-electron chi connectivity index (χ1n) is 11.4. The van der Waals surface area contributed by atoms with Crippen molar-refractivity contribution in [3.63, 3.8) is 0 Å². The summed E-state index contributed by atoms with van der Waals surface area (Å²) in [6, 6.07) is 13.1. The summed E-state index contributed by atoms with van der Waals surface area (Å²) in [7, 11) is -3.57. The summed E-state index contributed by atoms with van der Waals surface area (Å²) < 4.78 is 41.8. The van der Waals surface area contributed by atoms with Crippen molar-refractivity contribution in [3.8, 4) is 22.3 Å². The molecule has 0 bridgehead atoms. The highest BCUT2D eigenvalue weighted by Gasteiger charge is 2.17. The minimum Gasteiger partial charge on any atom is -0.383 e. The van der Waals surface area contributed by atoms with E-state index in [2.05, 4.69) is 32.1 Å². The second kappa shape index (κ2) is 9.99. The molecule has 0 atom stereocenters. The van der Waals surface area contributed by atoms with E-state index in [-0.39, 0.29) is 22.8 Å². The van der Waals surface area contributed by atoms with Crippen LogP contribution in [0.15, 0.2) is 48.7 Å². The summed E-state index contributed by atoms with van der Waals surface area (Å²) in [5, 5.41) is 3.35. The van der Waals surface area contributed by atoms with Crippen LogP contribution in [0.3, 0.4) is 0 Å². The molecule has 1 aliphatic heterocycles. The maximum atomic E-state index is 14.8. The number of hydrogen-bond donors (Lipinski definition) is 3. The molecule has 180 valence electrons.